The van der Waals surface area contributed by atoms with Gasteiger partial charge in [0.15, 0.2) is 0 Å². The van der Waals surface area contributed by atoms with E-state index in [1.807, 2.05) is 32.0 Å². The maximum atomic E-state index is 12.2. The van der Waals surface area contributed by atoms with Gasteiger partial charge >= 0.3 is 0 Å². The van der Waals surface area contributed by atoms with Gasteiger partial charge in [-0.15, -0.1) is 0 Å². The fraction of sp³-hybridized carbons (Fsp3) is 0.250. The third-order valence-electron chi connectivity index (χ3n) is 3.22. The predicted octanol–water partition coefficient (Wildman–Crippen LogP) is 2.74. The van der Waals surface area contributed by atoms with Crippen molar-refractivity contribution in [3.05, 3.63) is 64.7 Å². The molecule has 0 saturated carbocycles. The van der Waals surface area contributed by atoms with Crippen molar-refractivity contribution in [2.45, 2.75) is 26.2 Å². The van der Waals surface area contributed by atoms with E-state index in [0.29, 0.717) is 11.3 Å². The van der Waals surface area contributed by atoms with Crippen LogP contribution in [0, 0.1) is 13.8 Å². The number of hydrogen-bond donors (Lipinski definition) is 2. The molecule has 0 aliphatic heterocycles. The number of aryl methyl sites for hydroxylation is 2. The Kier molecular flexibility index (Phi) is 4.65. The van der Waals surface area contributed by atoms with Crippen LogP contribution >= 0.6 is 0 Å². The number of aliphatic hydroxyl groups is 1. The highest BCUT2D eigenvalue weighted by atomic mass is 32.2. The van der Waals surface area contributed by atoms with Crippen LogP contribution in [0.3, 0.4) is 0 Å². The molecular formula is C16H19NO3S. The second-order valence-corrected chi connectivity index (χ2v) is 6.88. The molecule has 0 aliphatic rings. The number of benzene rings is 2. The van der Waals surface area contributed by atoms with Crippen molar-refractivity contribution < 1.29 is 13.5 Å². The molecule has 112 valence electrons. The molecule has 0 atom stereocenters. The van der Waals surface area contributed by atoms with Gasteiger partial charge in [-0.25, -0.2) is 8.42 Å². The lowest BCUT2D eigenvalue weighted by atomic mass is 10.1. The van der Waals surface area contributed by atoms with Crippen LogP contribution < -0.4 is 4.72 Å². The molecule has 0 aliphatic carbocycles. The van der Waals surface area contributed by atoms with Crippen molar-refractivity contribution in [2.24, 2.45) is 0 Å². The quantitative estimate of drug-likeness (QED) is 0.892. The SMILES string of the molecule is Cc1ccc(C)c(NS(=O)(=O)Cc2ccc(CO)cc2)c1. The van der Waals surface area contributed by atoms with E-state index >= 15 is 0 Å². The van der Waals surface area contributed by atoms with Crippen LogP contribution in [-0.2, 0) is 22.4 Å². The molecule has 0 bridgehead atoms. The number of nitrogens with one attached hydrogen (secondary N) is 1. The van der Waals surface area contributed by atoms with Crippen LogP contribution in [-0.4, -0.2) is 13.5 Å². The van der Waals surface area contributed by atoms with E-state index in [9.17, 15) is 8.42 Å². The number of hydrogen-bond acceptors (Lipinski definition) is 3. The minimum Gasteiger partial charge on any atom is -0.392 e. The second kappa shape index (κ2) is 6.28. The molecular weight excluding hydrogens is 286 g/mol. The van der Waals surface area contributed by atoms with Crippen molar-refractivity contribution in [3.63, 3.8) is 0 Å². The lowest BCUT2D eigenvalue weighted by Gasteiger charge is -2.11. The van der Waals surface area contributed by atoms with Gasteiger partial charge < -0.3 is 5.11 Å². The molecule has 4 nitrogen and oxygen atoms in total. The van der Waals surface area contributed by atoms with Gasteiger partial charge in [0.1, 0.15) is 0 Å². The largest absolute Gasteiger partial charge is 0.392 e. The maximum absolute atomic E-state index is 12.2. The summed E-state index contributed by atoms with van der Waals surface area (Å²) in [5, 5.41) is 8.98. The number of anilines is 1. The number of sulfonamides is 1. The molecule has 2 rings (SSSR count). The van der Waals surface area contributed by atoms with Crippen LogP contribution in [0.25, 0.3) is 0 Å². The van der Waals surface area contributed by atoms with Gasteiger partial charge in [-0.05, 0) is 42.2 Å². The molecule has 0 fully saturated rings. The standard InChI is InChI=1S/C16H19NO3S/c1-12-3-4-13(2)16(9-12)17-21(19,20)11-15-7-5-14(10-18)6-8-15/h3-9,17-18H,10-11H2,1-2H3. The van der Waals surface area contributed by atoms with E-state index in [1.165, 1.54) is 0 Å². The van der Waals surface area contributed by atoms with Crippen LogP contribution in [0.4, 0.5) is 5.69 Å². The highest BCUT2D eigenvalue weighted by Crippen LogP contribution is 2.19. The molecule has 2 N–H and O–H groups in total. The van der Waals surface area contributed by atoms with Crippen LogP contribution in [0.2, 0.25) is 0 Å². The Labute approximate surface area is 125 Å². The van der Waals surface area contributed by atoms with Crippen molar-refractivity contribution in [1.82, 2.24) is 0 Å². The normalized spacial score (nSPS) is 11.4. The van der Waals surface area contributed by atoms with Gasteiger partial charge in [-0.2, -0.15) is 0 Å². The molecule has 0 radical (unpaired) electrons. The topological polar surface area (TPSA) is 66.4 Å². The summed E-state index contributed by atoms with van der Waals surface area (Å²) in [7, 11) is -3.46. The predicted molar refractivity (Wildman–Crippen MR) is 84.5 cm³/mol. The monoisotopic (exact) mass is 305 g/mol. The molecule has 0 spiro atoms. The summed E-state index contributed by atoms with van der Waals surface area (Å²) in [6.45, 7) is 3.74. The van der Waals surface area contributed by atoms with Crippen molar-refractivity contribution in [3.8, 4) is 0 Å². The average Bonchev–Trinajstić information content (AvgIpc) is 2.43. The Bertz CT molecular complexity index is 722. The zero-order valence-corrected chi connectivity index (χ0v) is 12.9. The molecule has 0 amide bonds. The summed E-state index contributed by atoms with van der Waals surface area (Å²) in [4.78, 5) is 0. The molecule has 0 aromatic heterocycles. The molecule has 2 aromatic rings. The van der Waals surface area contributed by atoms with Gasteiger partial charge in [0.2, 0.25) is 10.0 Å². The van der Waals surface area contributed by atoms with E-state index in [2.05, 4.69) is 4.72 Å². The lowest BCUT2D eigenvalue weighted by Crippen LogP contribution is -2.16. The third kappa shape index (κ3) is 4.31. The summed E-state index contributed by atoms with van der Waals surface area (Å²) >= 11 is 0. The van der Waals surface area contributed by atoms with Crippen molar-refractivity contribution in [1.29, 1.82) is 0 Å². The van der Waals surface area contributed by atoms with E-state index in [1.54, 1.807) is 24.3 Å². The van der Waals surface area contributed by atoms with E-state index in [-0.39, 0.29) is 12.4 Å². The molecule has 0 saturated heterocycles. The summed E-state index contributed by atoms with van der Waals surface area (Å²) < 4.78 is 27.1. The summed E-state index contributed by atoms with van der Waals surface area (Å²) in [6.07, 6.45) is 0. The molecule has 0 unspecified atom stereocenters. The van der Waals surface area contributed by atoms with E-state index in [4.69, 9.17) is 5.11 Å². The smallest absolute Gasteiger partial charge is 0.236 e. The Balaban J connectivity index is 2.16. The first-order valence-electron chi connectivity index (χ1n) is 6.66. The molecule has 5 heteroatoms. The van der Waals surface area contributed by atoms with Gasteiger partial charge in [0, 0.05) is 0 Å². The zero-order valence-electron chi connectivity index (χ0n) is 12.1. The lowest BCUT2D eigenvalue weighted by molar-refractivity contribution is 0.282. The fourth-order valence-corrected chi connectivity index (χ4v) is 3.27. The highest BCUT2D eigenvalue weighted by Gasteiger charge is 2.13. The average molecular weight is 305 g/mol. The third-order valence-corrected chi connectivity index (χ3v) is 4.47. The number of rotatable bonds is 5. The first-order valence-corrected chi connectivity index (χ1v) is 8.31. The Morgan fingerprint density at radius 2 is 1.62 bits per heavy atom. The Morgan fingerprint density at radius 1 is 1.00 bits per heavy atom. The Morgan fingerprint density at radius 3 is 2.24 bits per heavy atom. The van der Waals surface area contributed by atoms with Crippen molar-refractivity contribution >= 4 is 15.7 Å². The van der Waals surface area contributed by atoms with Crippen LogP contribution in [0.5, 0.6) is 0 Å². The zero-order chi connectivity index (χ0) is 15.5. The first kappa shape index (κ1) is 15.5. The van der Waals surface area contributed by atoms with E-state index in [0.717, 1.165) is 16.7 Å². The van der Waals surface area contributed by atoms with Crippen LogP contribution in [0.15, 0.2) is 42.5 Å². The highest BCUT2D eigenvalue weighted by molar-refractivity contribution is 7.91. The van der Waals surface area contributed by atoms with Crippen LogP contribution in [0.1, 0.15) is 22.3 Å². The molecule has 0 heterocycles. The molecule has 2 aromatic carbocycles. The van der Waals surface area contributed by atoms with Gasteiger partial charge in [-0.3, -0.25) is 4.72 Å². The minimum atomic E-state index is -3.46. The van der Waals surface area contributed by atoms with Gasteiger partial charge in [0.05, 0.1) is 18.0 Å². The molecule has 21 heavy (non-hydrogen) atoms. The summed E-state index contributed by atoms with van der Waals surface area (Å²) in [5.41, 5.74) is 3.95. The number of aliphatic hydroxyl groups excluding tert-OH is 1. The maximum Gasteiger partial charge on any atom is 0.236 e. The summed E-state index contributed by atoms with van der Waals surface area (Å²) in [6, 6.07) is 12.5. The van der Waals surface area contributed by atoms with Gasteiger partial charge in [-0.1, -0.05) is 36.4 Å². The Hall–Kier alpha value is -1.85. The second-order valence-electron chi connectivity index (χ2n) is 5.15. The summed E-state index contributed by atoms with van der Waals surface area (Å²) in [5.74, 6) is -0.0912. The first-order chi connectivity index (χ1) is 9.89. The minimum absolute atomic E-state index is 0.0479. The van der Waals surface area contributed by atoms with Crippen molar-refractivity contribution in [2.75, 3.05) is 4.72 Å². The van der Waals surface area contributed by atoms with Gasteiger partial charge in [0.25, 0.3) is 0 Å². The van der Waals surface area contributed by atoms with E-state index < -0.39 is 10.0 Å². The fourth-order valence-electron chi connectivity index (χ4n) is 2.01.